The van der Waals surface area contributed by atoms with Gasteiger partial charge in [0.25, 0.3) is 11.6 Å². The summed E-state index contributed by atoms with van der Waals surface area (Å²) in [6, 6.07) is 10.7. The number of halogens is 1. The summed E-state index contributed by atoms with van der Waals surface area (Å²) in [7, 11) is 0. The molecular weight excluding hydrogens is 277 g/mol. The minimum Gasteiger partial charge on any atom is -0.321 e. The highest BCUT2D eigenvalue weighted by atomic mass is 19.1. The van der Waals surface area contributed by atoms with Crippen LogP contribution in [0.2, 0.25) is 0 Å². The van der Waals surface area contributed by atoms with E-state index in [0.717, 1.165) is 18.2 Å². The predicted molar refractivity (Wildman–Crippen MR) is 72.2 cm³/mol. The van der Waals surface area contributed by atoms with Crippen LogP contribution in [0.1, 0.15) is 15.9 Å². The van der Waals surface area contributed by atoms with E-state index in [4.69, 9.17) is 5.26 Å². The molecule has 21 heavy (non-hydrogen) atoms. The molecule has 0 saturated carbocycles. The van der Waals surface area contributed by atoms with E-state index < -0.39 is 22.3 Å². The number of amides is 1. The molecule has 0 spiro atoms. The minimum absolute atomic E-state index is 0.200. The van der Waals surface area contributed by atoms with Gasteiger partial charge in [0.2, 0.25) is 0 Å². The molecule has 0 heterocycles. The Balaban J connectivity index is 2.33. The van der Waals surface area contributed by atoms with Gasteiger partial charge >= 0.3 is 0 Å². The van der Waals surface area contributed by atoms with Crippen LogP contribution in [-0.4, -0.2) is 10.8 Å². The SMILES string of the molecule is N#Cc1ccccc1NC(=O)c1cc(F)cc([N+](=O)[O-])c1. The molecule has 0 atom stereocenters. The van der Waals surface area contributed by atoms with Crippen LogP contribution in [0.4, 0.5) is 15.8 Å². The number of para-hydroxylation sites is 1. The van der Waals surface area contributed by atoms with Gasteiger partial charge in [-0.15, -0.1) is 0 Å². The molecular formula is C14H8FN3O3. The summed E-state index contributed by atoms with van der Waals surface area (Å²) in [6.07, 6.45) is 0. The second kappa shape index (κ2) is 5.79. The third kappa shape index (κ3) is 3.19. The Labute approximate surface area is 118 Å². The molecule has 104 valence electrons. The molecule has 6 nitrogen and oxygen atoms in total. The number of anilines is 1. The van der Waals surface area contributed by atoms with Crippen LogP contribution in [0.25, 0.3) is 0 Å². The van der Waals surface area contributed by atoms with Crippen molar-refractivity contribution in [1.82, 2.24) is 0 Å². The number of nitrogens with zero attached hydrogens (tertiary/aromatic N) is 2. The van der Waals surface area contributed by atoms with Gasteiger partial charge in [-0.3, -0.25) is 14.9 Å². The molecule has 7 heteroatoms. The lowest BCUT2D eigenvalue weighted by Gasteiger charge is -2.06. The van der Waals surface area contributed by atoms with Gasteiger partial charge in [0.1, 0.15) is 11.9 Å². The summed E-state index contributed by atoms with van der Waals surface area (Å²) >= 11 is 0. The van der Waals surface area contributed by atoms with Crippen molar-refractivity contribution in [2.75, 3.05) is 5.32 Å². The number of carbonyl (C=O) groups is 1. The van der Waals surface area contributed by atoms with E-state index in [1.54, 1.807) is 12.1 Å². The number of nitro groups is 1. The first kappa shape index (κ1) is 14.1. The third-order valence-corrected chi connectivity index (χ3v) is 2.65. The average Bonchev–Trinajstić information content (AvgIpc) is 2.47. The standard InChI is InChI=1S/C14H8FN3O3/c15-11-5-10(6-12(7-11)18(20)21)14(19)17-13-4-2-1-3-9(13)8-16/h1-7H,(H,17,19). The molecule has 0 aromatic heterocycles. The quantitative estimate of drug-likeness (QED) is 0.692. The van der Waals surface area contributed by atoms with Crippen LogP contribution >= 0.6 is 0 Å². The number of hydrogen-bond acceptors (Lipinski definition) is 4. The smallest absolute Gasteiger partial charge is 0.273 e. The summed E-state index contributed by atoms with van der Waals surface area (Å²) in [4.78, 5) is 21.9. The molecule has 2 rings (SSSR count). The van der Waals surface area contributed by atoms with Gasteiger partial charge in [-0.25, -0.2) is 4.39 Å². The van der Waals surface area contributed by atoms with Gasteiger partial charge in [0, 0.05) is 11.6 Å². The molecule has 0 saturated heterocycles. The lowest BCUT2D eigenvalue weighted by Crippen LogP contribution is -2.13. The molecule has 2 aromatic rings. The topological polar surface area (TPSA) is 96.0 Å². The van der Waals surface area contributed by atoms with Crippen molar-refractivity contribution in [3.05, 3.63) is 69.5 Å². The number of carbonyl (C=O) groups excluding carboxylic acids is 1. The Kier molecular flexibility index (Phi) is 3.90. The molecule has 0 bridgehead atoms. The van der Waals surface area contributed by atoms with E-state index >= 15 is 0 Å². The fourth-order valence-electron chi connectivity index (χ4n) is 1.69. The van der Waals surface area contributed by atoms with E-state index in [-0.39, 0.29) is 16.8 Å². The first-order valence-electron chi connectivity index (χ1n) is 5.76. The van der Waals surface area contributed by atoms with Gasteiger partial charge in [0.05, 0.1) is 22.2 Å². The highest BCUT2D eigenvalue weighted by Crippen LogP contribution is 2.19. The molecule has 0 aliphatic carbocycles. The van der Waals surface area contributed by atoms with E-state index in [2.05, 4.69) is 5.32 Å². The zero-order valence-electron chi connectivity index (χ0n) is 10.5. The molecule has 1 N–H and O–H groups in total. The van der Waals surface area contributed by atoms with E-state index in [0.29, 0.717) is 0 Å². The Hall–Kier alpha value is -3.27. The molecule has 1 amide bonds. The number of nitro benzene ring substituents is 1. The van der Waals surface area contributed by atoms with Crippen molar-refractivity contribution in [3.63, 3.8) is 0 Å². The average molecular weight is 285 g/mol. The number of nitrogens with one attached hydrogen (secondary N) is 1. The maximum Gasteiger partial charge on any atom is 0.273 e. The fraction of sp³-hybridized carbons (Fsp3) is 0. The molecule has 0 aliphatic rings. The first-order chi connectivity index (χ1) is 10.0. The Morgan fingerprint density at radius 3 is 2.67 bits per heavy atom. The first-order valence-corrected chi connectivity index (χ1v) is 5.76. The zero-order chi connectivity index (χ0) is 15.4. The summed E-state index contributed by atoms with van der Waals surface area (Å²) in [5.41, 5.74) is -0.239. The van der Waals surface area contributed by atoms with Crippen LogP contribution in [0.15, 0.2) is 42.5 Å². The van der Waals surface area contributed by atoms with Gasteiger partial charge in [-0.1, -0.05) is 12.1 Å². The van der Waals surface area contributed by atoms with Crippen LogP contribution in [0.5, 0.6) is 0 Å². The predicted octanol–water partition coefficient (Wildman–Crippen LogP) is 2.86. The monoisotopic (exact) mass is 285 g/mol. The zero-order valence-corrected chi connectivity index (χ0v) is 10.5. The summed E-state index contributed by atoms with van der Waals surface area (Å²) in [6.45, 7) is 0. The number of non-ortho nitro benzene ring substituents is 1. The Morgan fingerprint density at radius 2 is 2.00 bits per heavy atom. The third-order valence-electron chi connectivity index (χ3n) is 2.65. The summed E-state index contributed by atoms with van der Waals surface area (Å²) in [5.74, 6) is -1.62. The molecule has 2 aromatic carbocycles. The number of benzene rings is 2. The number of rotatable bonds is 3. The van der Waals surface area contributed by atoms with Crippen molar-refractivity contribution in [3.8, 4) is 6.07 Å². The van der Waals surface area contributed by atoms with Gasteiger partial charge in [-0.2, -0.15) is 5.26 Å². The number of nitriles is 1. The van der Waals surface area contributed by atoms with E-state index in [1.165, 1.54) is 12.1 Å². The van der Waals surface area contributed by atoms with Crippen molar-refractivity contribution in [2.24, 2.45) is 0 Å². The maximum absolute atomic E-state index is 13.3. The summed E-state index contributed by atoms with van der Waals surface area (Å²) in [5, 5.41) is 22.0. The van der Waals surface area contributed by atoms with E-state index in [9.17, 15) is 19.3 Å². The van der Waals surface area contributed by atoms with Crippen LogP contribution in [0.3, 0.4) is 0 Å². The van der Waals surface area contributed by atoms with Gasteiger partial charge in [0.15, 0.2) is 0 Å². The van der Waals surface area contributed by atoms with Crippen molar-refractivity contribution in [2.45, 2.75) is 0 Å². The lowest BCUT2D eigenvalue weighted by molar-refractivity contribution is -0.385. The van der Waals surface area contributed by atoms with Crippen molar-refractivity contribution < 1.29 is 14.1 Å². The second-order valence-electron chi connectivity index (χ2n) is 4.07. The van der Waals surface area contributed by atoms with Gasteiger partial charge < -0.3 is 5.32 Å². The van der Waals surface area contributed by atoms with Crippen LogP contribution < -0.4 is 5.32 Å². The molecule has 0 unspecified atom stereocenters. The number of hydrogen-bond donors (Lipinski definition) is 1. The minimum atomic E-state index is -0.886. The molecule has 0 fully saturated rings. The highest BCUT2D eigenvalue weighted by molar-refractivity contribution is 6.05. The Bertz CT molecular complexity index is 768. The molecule has 0 aliphatic heterocycles. The molecule has 0 radical (unpaired) electrons. The van der Waals surface area contributed by atoms with Crippen molar-refractivity contribution in [1.29, 1.82) is 5.26 Å². The lowest BCUT2D eigenvalue weighted by atomic mass is 10.1. The second-order valence-corrected chi connectivity index (χ2v) is 4.07. The summed E-state index contributed by atoms with van der Waals surface area (Å²) < 4.78 is 13.3. The van der Waals surface area contributed by atoms with Crippen molar-refractivity contribution >= 4 is 17.3 Å². The maximum atomic E-state index is 13.3. The normalized spacial score (nSPS) is 9.71. The van der Waals surface area contributed by atoms with Crippen LogP contribution in [-0.2, 0) is 0 Å². The Morgan fingerprint density at radius 1 is 1.29 bits per heavy atom. The van der Waals surface area contributed by atoms with E-state index in [1.807, 2.05) is 6.07 Å². The highest BCUT2D eigenvalue weighted by Gasteiger charge is 2.15. The van der Waals surface area contributed by atoms with Gasteiger partial charge in [-0.05, 0) is 18.2 Å². The largest absolute Gasteiger partial charge is 0.321 e. The fourth-order valence-corrected chi connectivity index (χ4v) is 1.69. The van der Waals surface area contributed by atoms with Crippen LogP contribution in [0, 0.1) is 27.3 Å².